The summed E-state index contributed by atoms with van der Waals surface area (Å²) < 4.78 is 6.27. The third-order valence-corrected chi connectivity index (χ3v) is 6.57. The summed E-state index contributed by atoms with van der Waals surface area (Å²) in [7, 11) is 0. The van der Waals surface area contributed by atoms with Crippen LogP contribution in [0.5, 0.6) is 11.5 Å². The van der Waals surface area contributed by atoms with E-state index < -0.39 is 5.60 Å². The molecule has 0 saturated carbocycles. The summed E-state index contributed by atoms with van der Waals surface area (Å²) in [5, 5.41) is 13.0. The van der Waals surface area contributed by atoms with Gasteiger partial charge in [-0.2, -0.15) is 0 Å². The van der Waals surface area contributed by atoms with Crippen LogP contribution in [-0.4, -0.2) is 10.7 Å². The van der Waals surface area contributed by atoms with Crippen molar-refractivity contribution in [2.75, 3.05) is 0 Å². The number of benzene rings is 1. The zero-order valence-electron chi connectivity index (χ0n) is 17.2. The molecular formula is C24H32O2S. The van der Waals surface area contributed by atoms with Crippen molar-refractivity contribution in [3.63, 3.8) is 0 Å². The summed E-state index contributed by atoms with van der Waals surface area (Å²) >= 11 is 1.69. The van der Waals surface area contributed by atoms with E-state index in [-0.39, 0.29) is 0 Å². The quantitative estimate of drug-likeness (QED) is 0.505. The molecule has 1 aliphatic rings. The number of aromatic hydroxyl groups is 1. The van der Waals surface area contributed by atoms with Crippen LogP contribution in [0.15, 0.2) is 35.7 Å². The van der Waals surface area contributed by atoms with E-state index in [1.54, 1.807) is 11.3 Å². The molecule has 0 spiro atoms. The van der Waals surface area contributed by atoms with Crippen LogP contribution in [0, 0.1) is 5.92 Å². The molecule has 1 aromatic carbocycles. The molecule has 3 rings (SSSR count). The van der Waals surface area contributed by atoms with Crippen LogP contribution in [0.25, 0.3) is 5.57 Å². The lowest BCUT2D eigenvalue weighted by atomic mass is 9.83. The Balaban J connectivity index is 1.95. The van der Waals surface area contributed by atoms with Gasteiger partial charge in [0, 0.05) is 10.5 Å². The number of hydrogen-bond donors (Lipinski definition) is 1. The number of hydrogen-bond acceptors (Lipinski definition) is 3. The monoisotopic (exact) mass is 384 g/mol. The van der Waals surface area contributed by atoms with Gasteiger partial charge in [0.05, 0.1) is 5.56 Å². The first-order valence-corrected chi connectivity index (χ1v) is 11.0. The highest BCUT2D eigenvalue weighted by molar-refractivity contribution is 7.11. The standard InChI is InChI=1S/C24H32O2S/c1-6-7-8-10-16(2)17(3)18-13-20(25)23-19(22-11-9-12-27-22)15-24(4,5)26-21(23)14-18/h9,11-17,25H,6-8,10H2,1-5H3. The van der Waals surface area contributed by atoms with Gasteiger partial charge >= 0.3 is 0 Å². The predicted octanol–water partition coefficient (Wildman–Crippen LogP) is 7.38. The summed E-state index contributed by atoms with van der Waals surface area (Å²) in [6, 6.07) is 8.25. The van der Waals surface area contributed by atoms with Crippen LogP contribution < -0.4 is 4.74 Å². The van der Waals surface area contributed by atoms with Gasteiger partial charge in [-0.3, -0.25) is 0 Å². The molecule has 0 bridgehead atoms. The number of unbranched alkanes of at least 4 members (excludes halogenated alkanes) is 2. The Hall–Kier alpha value is -1.74. The van der Waals surface area contributed by atoms with Crippen LogP contribution in [0.3, 0.4) is 0 Å². The van der Waals surface area contributed by atoms with E-state index in [0.717, 1.165) is 21.8 Å². The topological polar surface area (TPSA) is 29.5 Å². The lowest BCUT2D eigenvalue weighted by Crippen LogP contribution is -2.29. The zero-order chi connectivity index (χ0) is 19.6. The fourth-order valence-corrected chi connectivity index (χ4v) is 4.64. The van der Waals surface area contributed by atoms with Crippen molar-refractivity contribution in [3.05, 3.63) is 51.7 Å². The highest BCUT2D eigenvalue weighted by atomic mass is 32.1. The third-order valence-electron chi connectivity index (χ3n) is 5.67. The van der Waals surface area contributed by atoms with Gasteiger partial charge in [-0.05, 0) is 60.9 Å². The van der Waals surface area contributed by atoms with E-state index in [4.69, 9.17) is 4.74 Å². The van der Waals surface area contributed by atoms with Crippen molar-refractivity contribution in [3.8, 4) is 11.5 Å². The van der Waals surface area contributed by atoms with Crippen LogP contribution in [0.1, 0.15) is 82.2 Å². The van der Waals surface area contributed by atoms with Crippen LogP contribution in [0.2, 0.25) is 0 Å². The minimum Gasteiger partial charge on any atom is -0.507 e. The second-order valence-electron chi connectivity index (χ2n) is 8.42. The molecule has 0 fully saturated rings. The molecule has 2 atom stereocenters. The SMILES string of the molecule is CCCCCC(C)C(C)c1cc(O)c2c(c1)OC(C)(C)C=C2c1cccs1. The molecule has 146 valence electrons. The molecular weight excluding hydrogens is 352 g/mol. The fraction of sp³-hybridized carbons (Fsp3) is 0.500. The normalized spacial score (nSPS) is 17.6. The maximum absolute atomic E-state index is 10.9. The van der Waals surface area contributed by atoms with Gasteiger partial charge in [-0.1, -0.05) is 52.5 Å². The summed E-state index contributed by atoms with van der Waals surface area (Å²) in [4.78, 5) is 1.16. The van der Waals surface area contributed by atoms with Gasteiger partial charge in [-0.25, -0.2) is 0 Å². The van der Waals surface area contributed by atoms with Gasteiger partial charge in [0.2, 0.25) is 0 Å². The Labute approximate surface area is 167 Å². The number of phenolic OH excluding ortho intramolecular Hbond substituents is 1. The van der Waals surface area contributed by atoms with Crippen molar-refractivity contribution in [2.24, 2.45) is 5.92 Å². The average molecular weight is 385 g/mol. The molecule has 27 heavy (non-hydrogen) atoms. The van der Waals surface area contributed by atoms with E-state index in [0.29, 0.717) is 17.6 Å². The van der Waals surface area contributed by atoms with Gasteiger partial charge in [0.25, 0.3) is 0 Å². The minimum atomic E-state index is -0.395. The molecule has 2 aromatic rings. The van der Waals surface area contributed by atoms with Crippen LogP contribution in [-0.2, 0) is 0 Å². The van der Waals surface area contributed by atoms with Gasteiger partial charge < -0.3 is 9.84 Å². The molecule has 1 aromatic heterocycles. The number of phenols is 1. The lowest BCUT2D eigenvalue weighted by molar-refractivity contribution is 0.157. The van der Waals surface area contributed by atoms with Gasteiger partial charge in [0.15, 0.2) is 0 Å². The molecule has 0 aliphatic carbocycles. The molecule has 1 aliphatic heterocycles. The van der Waals surface area contributed by atoms with Crippen molar-refractivity contribution >= 4 is 16.9 Å². The number of ether oxygens (including phenoxy) is 1. The number of fused-ring (bicyclic) bond motifs is 1. The molecule has 2 heterocycles. The summed E-state index contributed by atoms with van der Waals surface area (Å²) in [5.74, 6) is 2.09. The third kappa shape index (κ3) is 4.40. The van der Waals surface area contributed by atoms with E-state index >= 15 is 0 Å². The Morgan fingerprint density at radius 1 is 1.19 bits per heavy atom. The molecule has 2 nitrogen and oxygen atoms in total. The predicted molar refractivity (Wildman–Crippen MR) is 116 cm³/mol. The van der Waals surface area contributed by atoms with E-state index in [2.05, 4.69) is 64.3 Å². The molecule has 0 radical (unpaired) electrons. The van der Waals surface area contributed by atoms with Gasteiger partial charge in [-0.15, -0.1) is 11.3 Å². The lowest BCUT2D eigenvalue weighted by Gasteiger charge is -2.32. The number of rotatable bonds is 7. The summed E-state index contributed by atoms with van der Waals surface area (Å²) in [6.07, 6.45) is 7.16. The largest absolute Gasteiger partial charge is 0.507 e. The van der Waals surface area contributed by atoms with E-state index in [9.17, 15) is 5.11 Å². The summed E-state index contributed by atoms with van der Waals surface area (Å²) in [5.41, 5.74) is 2.67. The maximum Gasteiger partial charge on any atom is 0.132 e. The Bertz CT molecular complexity index is 802. The first kappa shape index (κ1) is 20.0. The highest BCUT2D eigenvalue weighted by Gasteiger charge is 2.31. The Morgan fingerprint density at radius 3 is 2.63 bits per heavy atom. The number of thiophene rings is 1. The molecule has 3 heteroatoms. The Morgan fingerprint density at radius 2 is 1.96 bits per heavy atom. The zero-order valence-corrected chi connectivity index (χ0v) is 18.0. The van der Waals surface area contributed by atoms with Crippen molar-refractivity contribution < 1.29 is 9.84 Å². The summed E-state index contributed by atoms with van der Waals surface area (Å²) in [6.45, 7) is 11.0. The first-order chi connectivity index (χ1) is 12.8. The van der Waals surface area contributed by atoms with Crippen LogP contribution in [0.4, 0.5) is 0 Å². The van der Waals surface area contributed by atoms with Gasteiger partial charge in [0.1, 0.15) is 17.1 Å². The molecule has 1 N–H and O–H groups in total. The Kier molecular flexibility index (Phi) is 6.00. The van der Waals surface area contributed by atoms with Crippen molar-refractivity contribution in [1.82, 2.24) is 0 Å². The molecule has 0 saturated heterocycles. The molecule has 0 amide bonds. The first-order valence-electron chi connectivity index (χ1n) is 10.2. The van der Waals surface area contributed by atoms with E-state index in [1.165, 1.54) is 31.2 Å². The van der Waals surface area contributed by atoms with Crippen LogP contribution >= 0.6 is 11.3 Å². The average Bonchev–Trinajstić information content (AvgIpc) is 3.13. The molecule has 2 unspecified atom stereocenters. The fourth-order valence-electron chi connectivity index (χ4n) is 3.89. The van der Waals surface area contributed by atoms with E-state index in [1.807, 2.05) is 6.07 Å². The highest BCUT2D eigenvalue weighted by Crippen LogP contribution is 2.47. The maximum atomic E-state index is 10.9. The van der Waals surface area contributed by atoms with Crippen molar-refractivity contribution in [2.45, 2.75) is 71.8 Å². The second-order valence-corrected chi connectivity index (χ2v) is 9.36. The smallest absolute Gasteiger partial charge is 0.132 e. The second kappa shape index (κ2) is 8.10. The van der Waals surface area contributed by atoms with Crippen molar-refractivity contribution in [1.29, 1.82) is 0 Å². The minimum absolute atomic E-state index is 0.324.